The Morgan fingerprint density at radius 3 is 2.86 bits per heavy atom. The summed E-state index contributed by atoms with van der Waals surface area (Å²) < 4.78 is 26.5. The number of sulfonamides is 1. The fourth-order valence-electron chi connectivity index (χ4n) is 4.05. The van der Waals surface area contributed by atoms with Crippen molar-refractivity contribution >= 4 is 21.7 Å². The lowest BCUT2D eigenvalue weighted by Gasteiger charge is -2.33. The van der Waals surface area contributed by atoms with Crippen LogP contribution in [-0.2, 0) is 16.4 Å². The van der Waals surface area contributed by atoms with Gasteiger partial charge in [0.25, 0.3) is 0 Å². The second-order valence-electron chi connectivity index (χ2n) is 7.25. The molecule has 0 radical (unpaired) electrons. The number of amides is 2. The van der Waals surface area contributed by atoms with Crippen LogP contribution in [0.5, 0.6) is 0 Å². The number of aromatic nitrogens is 1. The van der Waals surface area contributed by atoms with E-state index in [1.165, 1.54) is 12.6 Å². The van der Waals surface area contributed by atoms with Crippen LogP contribution in [0.1, 0.15) is 29.9 Å². The summed E-state index contributed by atoms with van der Waals surface area (Å²) in [4.78, 5) is 21.3. The number of hydrogen-bond acceptors (Lipinski definition) is 4. The Hall–Kier alpha value is -2.45. The van der Waals surface area contributed by atoms with Gasteiger partial charge in [-0.15, -0.1) is 0 Å². The SMILES string of the molecule is CNS(=O)(=O)c1ccc2c(c1)CCCN2C(=O)N1CCC(c2cccnc2)C1. The second-order valence-corrected chi connectivity index (χ2v) is 9.14. The highest BCUT2D eigenvalue weighted by Crippen LogP contribution is 2.33. The van der Waals surface area contributed by atoms with Gasteiger partial charge in [-0.3, -0.25) is 9.88 Å². The van der Waals surface area contributed by atoms with Crippen LogP contribution in [0.4, 0.5) is 10.5 Å². The number of aryl methyl sites for hydroxylation is 1. The number of hydrogen-bond donors (Lipinski definition) is 1. The Bertz CT molecular complexity index is 978. The fraction of sp³-hybridized carbons (Fsp3) is 0.400. The van der Waals surface area contributed by atoms with Crippen molar-refractivity contribution in [2.45, 2.75) is 30.1 Å². The smallest absolute Gasteiger partial charge is 0.324 e. The molecule has 2 aromatic rings. The van der Waals surface area contributed by atoms with Crippen molar-refractivity contribution in [3.05, 3.63) is 53.9 Å². The molecule has 1 fully saturated rings. The third-order valence-corrected chi connectivity index (χ3v) is 7.01. The summed E-state index contributed by atoms with van der Waals surface area (Å²) in [5.74, 6) is 0.310. The molecule has 0 aliphatic carbocycles. The van der Waals surface area contributed by atoms with Gasteiger partial charge >= 0.3 is 6.03 Å². The van der Waals surface area contributed by atoms with Gasteiger partial charge in [-0.25, -0.2) is 17.9 Å². The molecule has 1 aromatic heterocycles. The zero-order valence-corrected chi connectivity index (χ0v) is 16.7. The maximum atomic E-state index is 13.2. The van der Waals surface area contributed by atoms with Crippen LogP contribution < -0.4 is 9.62 Å². The topological polar surface area (TPSA) is 82.6 Å². The molecule has 2 aliphatic rings. The van der Waals surface area contributed by atoms with E-state index in [1.807, 2.05) is 17.2 Å². The van der Waals surface area contributed by atoms with Crippen molar-refractivity contribution in [3.63, 3.8) is 0 Å². The molecule has 0 bridgehead atoms. The summed E-state index contributed by atoms with van der Waals surface area (Å²) in [6, 6.07) is 8.99. The van der Waals surface area contributed by atoms with Crippen LogP contribution in [0.3, 0.4) is 0 Å². The number of carbonyl (C=O) groups excluding carboxylic acids is 1. The predicted octanol–water partition coefficient (Wildman–Crippen LogP) is 2.35. The van der Waals surface area contributed by atoms with Crippen LogP contribution in [0, 0.1) is 0 Å². The average Bonchev–Trinajstić information content (AvgIpc) is 3.23. The molecule has 148 valence electrons. The number of nitrogens with zero attached hydrogens (tertiary/aromatic N) is 3. The summed E-state index contributed by atoms with van der Waals surface area (Å²) in [5, 5.41) is 0. The van der Waals surface area contributed by atoms with Gasteiger partial charge in [0, 0.05) is 43.6 Å². The monoisotopic (exact) mass is 400 g/mol. The molecule has 4 rings (SSSR count). The highest BCUT2D eigenvalue weighted by atomic mass is 32.2. The normalized spacial score (nSPS) is 19.5. The minimum Gasteiger partial charge on any atom is -0.324 e. The lowest BCUT2D eigenvalue weighted by atomic mass is 10.0. The average molecular weight is 401 g/mol. The molecule has 2 amide bonds. The van der Waals surface area contributed by atoms with Gasteiger partial charge < -0.3 is 4.90 Å². The molecular weight excluding hydrogens is 376 g/mol. The number of benzene rings is 1. The second kappa shape index (κ2) is 7.52. The number of urea groups is 1. The van der Waals surface area contributed by atoms with Gasteiger partial charge in [-0.1, -0.05) is 6.07 Å². The molecule has 2 aliphatic heterocycles. The molecule has 8 heteroatoms. The van der Waals surface area contributed by atoms with E-state index in [-0.39, 0.29) is 10.9 Å². The molecule has 28 heavy (non-hydrogen) atoms. The first-order valence-electron chi connectivity index (χ1n) is 9.52. The van der Waals surface area contributed by atoms with Crippen molar-refractivity contribution in [3.8, 4) is 0 Å². The van der Waals surface area contributed by atoms with Crippen LogP contribution in [-0.4, -0.2) is 51.0 Å². The van der Waals surface area contributed by atoms with Crippen molar-refractivity contribution in [2.24, 2.45) is 0 Å². The van der Waals surface area contributed by atoms with E-state index < -0.39 is 10.0 Å². The fourth-order valence-corrected chi connectivity index (χ4v) is 4.83. The standard InChI is InChI=1S/C20H24N4O3S/c1-21-28(26,27)18-6-7-19-15(12-18)5-3-10-24(19)20(25)23-11-8-17(14-23)16-4-2-9-22-13-16/h2,4,6-7,9,12-13,17,21H,3,5,8,10-11,14H2,1H3. The molecule has 1 aromatic carbocycles. The molecule has 0 spiro atoms. The van der Waals surface area contributed by atoms with Crippen molar-refractivity contribution in [1.29, 1.82) is 0 Å². The number of pyridine rings is 1. The Morgan fingerprint density at radius 2 is 2.11 bits per heavy atom. The zero-order chi connectivity index (χ0) is 19.7. The van der Waals surface area contributed by atoms with Crippen molar-refractivity contribution in [2.75, 3.05) is 31.6 Å². The van der Waals surface area contributed by atoms with Gasteiger partial charge in [-0.05, 0) is 61.7 Å². The summed E-state index contributed by atoms with van der Waals surface area (Å²) in [6.07, 6.45) is 6.15. The first-order chi connectivity index (χ1) is 13.5. The van der Waals surface area contributed by atoms with Crippen molar-refractivity contribution in [1.82, 2.24) is 14.6 Å². The number of likely N-dealkylation sites (tertiary alicyclic amines) is 1. The number of rotatable bonds is 3. The van der Waals surface area contributed by atoms with Gasteiger partial charge in [-0.2, -0.15) is 0 Å². The number of carbonyl (C=O) groups is 1. The molecule has 3 heterocycles. The molecule has 0 saturated carbocycles. The summed E-state index contributed by atoms with van der Waals surface area (Å²) in [5.41, 5.74) is 2.88. The maximum absolute atomic E-state index is 13.2. The maximum Gasteiger partial charge on any atom is 0.324 e. The van der Waals surface area contributed by atoms with Crippen LogP contribution in [0.15, 0.2) is 47.6 Å². The Morgan fingerprint density at radius 1 is 1.25 bits per heavy atom. The van der Waals surface area contributed by atoms with Crippen LogP contribution >= 0.6 is 0 Å². The van der Waals surface area contributed by atoms with E-state index >= 15 is 0 Å². The lowest BCUT2D eigenvalue weighted by molar-refractivity contribution is 0.214. The Balaban J connectivity index is 1.54. The van der Waals surface area contributed by atoms with E-state index in [2.05, 4.69) is 15.8 Å². The number of fused-ring (bicyclic) bond motifs is 1. The van der Waals surface area contributed by atoms with Gasteiger partial charge in [0.05, 0.1) is 4.90 Å². The summed E-state index contributed by atoms with van der Waals surface area (Å²) >= 11 is 0. The van der Waals surface area contributed by atoms with E-state index in [9.17, 15) is 13.2 Å². The molecule has 1 N–H and O–H groups in total. The number of nitrogens with one attached hydrogen (secondary N) is 1. The Labute approximate surface area is 165 Å². The van der Waals surface area contributed by atoms with E-state index in [1.54, 1.807) is 29.3 Å². The third-order valence-electron chi connectivity index (χ3n) is 5.59. The molecule has 1 unspecified atom stereocenters. The summed E-state index contributed by atoms with van der Waals surface area (Å²) in [6.45, 7) is 2.05. The quantitative estimate of drug-likeness (QED) is 0.857. The molecular formula is C20H24N4O3S. The largest absolute Gasteiger partial charge is 0.324 e. The van der Waals surface area contributed by atoms with E-state index in [4.69, 9.17) is 0 Å². The van der Waals surface area contributed by atoms with Gasteiger partial charge in [0.2, 0.25) is 10.0 Å². The third kappa shape index (κ3) is 3.49. The minimum atomic E-state index is -3.49. The highest BCUT2D eigenvalue weighted by molar-refractivity contribution is 7.89. The first kappa shape index (κ1) is 18.9. The van der Waals surface area contributed by atoms with Gasteiger partial charge in [0.1, 0.15) is 0 Å². The first-order valence-corrected chi connectivity index (χ1v) is 11.0. The Kier molecular flexibility index (Phi) is 5.07. The van der Waals surface area contributed by atoms with Crippen molar-refractivity contribution < 1.29 is 13.2 Å². The zero-order valence-electron chi connectivity index (χ0n) is 15.8. The number of anilines is 1. The van der Waals surface area contributed by atoms with Gasteiger partial charge in [0.15, 0.2) is 0 Å². The molecule has 7 nitrogen and oxygen atoms in total. The molecule has 1 saturated heterocycles. The highest BCUT2D eigenvalue weighted by Gasteiger charge is 2.33. The van der Waals surface area contributed by atoms with E-state index in [0.717, 1.165) is 37.1 Å². The minimum absolute atomic E-state index is 0.00318. The molecule has 1 atom stereocenters. The lowest BCUT2D eigenvalue weighted by Crippen LogP contribution is -2.44. The predicted molar refractivity (Wildman–Crippen MR) is 107 cm³/mol. The van der Waals surface area contributed by atoms with Crippen LogP contribution in [0.25, 0.3) is 0 Å². The van der Waals surface area contributed by atoms with Crippen LogP contribution in [0.2, 0.25) is 0 Å². The summed E-state index contributed by atoms with van der Waals surface area (Å²) in [7, 11) is -2.09. The van der Waals surface area contributed by atoms with E-state index in [0.29, 0.717) is 19.0 Å².